The number of hydrogen-bond acceptors (Lipinski definition) is 3. The monoisotopic (exact) mass is 229 g/mol. The van der Waals surface area contributed by atoms with Crippen LogP contribution in [0.25, 0.3) is 0 Å². The number of nitrogens with two attached hydrogens (primary N) is 1. The van der Waals surface area contributed by atoms with Gasteiger partial charge in [0, 0.05) is 6.04 Å². The Morgan fingerprint density at radius 1 is 1.53 bits per heavy atom. The molecule has 0 aliphatic carbocycles. The van der Waals surface area contributed by atoms with E-state index in [0.29, 0.717) is 5.56 Å². The lowest BCUT2D eigenvalue weighted by Crippen LogP contribution is -2.10. The van der Waals surface area contributed by atoms with Crippen molar-refractivity contribution in [2.24, 2.45) is 5.73 Å². The molecule has 0 radical (unpaired) electrons. The molecule has 0 fully saturated rings. The number of carbonyl (C=O) groups excluding carboxylic acids is 1. The van der Waals surface area contributed by atoms with E-state index in [1.165, 1.54) is 7.11 Å². The van der Waals surface area contributed by atoms with Crippen molar-refractivity contribution in [3.05, 3.63) is 35.4 Å². The summed E-state index contributed by atoms with van der Waals surface area (Å²) in [5.41, 5.74) is 7.37. The predicted octanol–water partition coefficient (Wildman–Crippen LogP) is 2.30. The van der Waals surface area contributed by atoms with Gasteiger partial charge < -0.3 is 10.5 Å². The molecule has 0 heterocycles. The molecule has 0 saturated carbocycles. The fourth-order valence-corrected chi connectivity index (χ4v) is 1.25. The first-order valence-corrected chi connectivity index (χ1v) is 4.63. The van der Waals surface area contributed by atoms with Gasteiger partial charge in [0.15, 0.2) is 0 Å². The van der Waals surface area contributed by atoms with Crippen molar-refractivity contribution in [1.29, 1.82) is 0 Å². The minimum atomic E-state index is -0.324. The molecule has 84 valence electrons. The van der Waals surface area contributed by atoms with Gasteiger partial charge in [0.2, 0.25) is 0 Å². The molecular weight excluding hydrogens is 214 g/mol. The van der Waals surface area contributed by atoms with Crippen molar-refractivity contribution in [1.82, 2.24) is 0 Å². The quantitative estimate of drug-likeness (QED) is 0.810. The number of esters is 1. The number of carbonyl (C=O) groups is 1. The summed E-state index contributed by atoms with van der Waals surface area (Å²) >= 11 is 0. The fraction of sp³-hybridized carbons (Fsp3) is 0.364. The third kappa shape index (κ3) is 3.53. The number of ether oxygens (including phenoxy) is 1. The van der Waals surface area contributed by atoms with Gasteiger partial charge in [-0.15, -0.1) is 12.4 Å². The van der Waals surface area contributed by atoms with Crippen molar-refractivity contribution in [2.75, 3.05) is 7.11 Å². The van der Waals surface area contributed by atoms with E-state index in [1.807, 2.05) is 19.1 Å². The molecular formula is C11H16ClNO2. The summed E-state index contributed by atoms with van der Waals surface area (Å²) in [4.78, 5) is 11.2. The molecule has 0 spiro atoms. The van der Waals surface area contributed by atoms with E-state index in [-0.39, 0.29) is 24.4 Å². The summed E-state index contributed by atoms with van der Waals surface area (Å²) in [7, 11) is 1.37. The molecule has 1 atom stereocenters. The van der Waals surface area contributed by atoms with Gasteiger partial charge in [-0.1, -0.05) is 19.1 Å². The molecule has 1 aromatic rings. The van der Waals surface area contributed by atoms with Crippen LogP contribution in [0.15, 0.2) is 24.3 Å². The Morgan fingerprint density at radius 2 is 2.20 bits per heavy atom. The fourth-order valence-electron chi connectivity index (χ4n) is 1.25. The largest absolute Gasteiger partial charge is 0.465 e. The first kappa shape index (κ1) is 13.9. The van der Waals surface area contributed by atoms with E-state index in [4.69, 9.17) is 5.73 Å². The molecule has 0 bridgehead atoms. The second-order valence-electron chi connectivity index (χ2n) is 3.13. The van der Waals surface area contributed by atoms with Crippen LogP contribution in [0.4, 0.5) is 0 Å². The van der Waals surface area contributed by atoms with Gasteiger partial charge in [-0.05, 0) is 24.1 Å². The number of halogens is 1. The van der Waals surface area contributed by atoms with Gasteiger partial charge in [0.05, 0.1) is 12.7 Å². The maximum atomic E-state index is 11.2. The molecule has 0 unspecified atom stereocenters. The summed E-state index contributed by atoms with van der Waals surface area (Å²) in [5.74, 6) is -0.324. The van der Waals surface area contributed by atoms with Crippen LogP contribution in [0.2, 0.25) is 0 Å². The molecule has 1 rings (SSSR count). The first-order valence-electron chi connectivity index (χ1n) is 4.63. The van der Waals surface area contributed by atoms with Crippen LogP contribution in [0, 0.1) is 0 Å². The molecule has 3 nitrogen and oxygen atoms in total. The van der Waals surface area contributed by atoms with Crippen LogP contribution in [0.5, 0.6) is 0 Å². The zero-order chi connectivity index (χ0) is 10.6. The summed E-state index contributed by atoms with van der Waals surface area (Å²) < 4.78 is 4.62. The highest BCUT2D eigenvalue weighted by atomic mass is 35.5. The maximum Gasteiger partial charge on any atom is 0.337 e. The highest BCUT2D eigenvalue weighted by Crippen LogP contribution is 2.15. The molecule has 2 N–H and O–H groups in total. The number of methoxy groups -OCH3 is 1. The maximum absolute atomic E-state index is 11.2. The van der Waals surface area contributed by atoms with E-state index in [0.717, 1.165) is 12.0 Å². The molecule has 1 aromatic carbocycles. The van der Waals surface area contributed by atoms with E-state index in [2.05, 4.69) is 4.74 Å². The summed E-state index contributed by atoms with van der Waals surface area (Å²) in [6, 6.07) is 7.22. The Morgan fingerprint density at radius 3 is 2.73 bits per heavy atom. The van der Waals surface area contributed by atoms with Crippen LogP contribution >= 0.6 is 12.4 Å². The third-order valence-electron chi connectivity index (χ3n) is 2.18. The molecule has 15 heavy (non-hydrogen) atoms. The Kier molecular flexibility index (Phi) is 5.97. The van der Waals surface area contributed by atoms with Crippen LogP contribution in [0.1, 0.15) is 35.3 Å². The van der Waals surface area contributed by atoms with Gasteiger partial charge in [-0.2, -0.15) is 0 Å². The zero-order valence-corrected chi connectivity index (χ0v) is 9.71. The normalized spacial score (nSPS) is 11.4. The van der Waals surface area contributed by atoms with Crippen LogP contribution in [-0.2, 0) is 4.74 Å². The highest BCUT2D eigenvalue weighted by molar-refractivity contribution is 5.89. The SMILES string of the molecule is CC[C@H](N)c1cccc(C(=O)OC)c1.Cl. The van der Waals surface area contributed by atoms with Gasteiger partial charge in [0.1, 0.15) is 0 Å². The van der Waals surface area contributed by atoms with Crippen molar-refractivity contribution < 1.29 is 9.53 Å². The Labute approximate surface area is 96.0 Å². The Bertz CT molecular complexity index is 328. The van der Waals surface area contributed by atoms with Gasteiger partial charge >= 0.3 is 5.97 Å². The minimum absolute atomic E-state index is 0. The molecule has 0 aliphatic rings. The Hall–Kier alpha value is -1.06. The van der Waals surface area contributed by atoms with E-state index >= 15 is 0 Å². The van der Waals surface area contributed by atoms with E-state index in [9.17, 15) is 4.79 Å². The van der Waals surface area contributed by atoms with Crippen LogP contribution in [0.3, 0.4) is 0 Å². The lowest BCUT2D eigenvalue weighted by Gasteiger charge is -2.09. The van der Waals surface area contributed by atoms with Gasteiger partial charge in [0.25, 0.3) is 0 Å². The molecule has 4 heteroatoms. The number of hydrogen-bond donors (Lipinski definition) is 1. The van der Waals surface area contributed by atoms with Crippen molar-refractivity contribution in [3.8, 4) is 0 Å². The smallest absolute Gasteiger partial charge is 0.337 e. The highest BCUT2D eigenvalue weighted by Gasteiger charge is 2.08. The molecule has 0 amide bonds. The van der Waals surface area contributed by atoms with Crippen molar-refractivity contribution in [3.63, 3.8) is 0 Å². The Balaban J connectivity index is 0.00000196. The lowest BCUT2D eigenvalue weighted by atomic mass is 10.0. The summed E-state index contributed by atoms with van der Waals surface area (Å²) in [6.07, 6.45) is 0.852. The van der Waals surface area contributed by atoms with Gasteiger partial charge in [-0.25, -0.2) is 4.79 Å². The lowest BCUT2D eigenvalue weighted by molar-refractivity contribution is 0.0600. The minimum Gasteiger partial charge on any atom is -0.465 e. The average molecular weight is 230 g/mol. The molecule has 0 aliphatic heterocycles. The predicted molar refractivity (Wildman–Crippen MR) is 62.2 cm³/mol. The number of rotatable bonds is 3. The second-order valence-corrected chi connectivity index (χ2v) is 3.13. The van der Waals surface area contributed by atoms with Crippen molar-refractivity contribution >= 4 is 18.4 Å². The first-order chi connectivity index (χ1) is 6.69. The van der Waals surface area contributed by atoms with Crippen LogP contribution in [-0.4, -0.2) is 13.1 Å². The molecule has 0 saturated heterocycles. The summed E-state index contributed by atoms with van der Waals surface area (Å²) in [6.45, 7) is 2.01. The average Bonchev–Trinajstić information content (AvgIpc) is 2.27. The van der Waals surface area contributed by atoms with E-state index < -0.39 is 0 Å². The van der Waals surface area contributed by atoms with Gasteiger partial charge in [-0.3, -0.25) is 0 Å². The standard InChI is InChI=1S/C11H15NO2.ClH/c1-3-10(12)8-5-4-6-9(7-8)11(13)14-2;/h4-7,10H,3,12H2,1-2H3;1H/t10-;/m0./s1. The van der Waals surface area contributed by atoms with Crippen molar-refractivity contribution in [2.45, 2.75) is 19.4 Å². The van der Waals surface area contributed by atoms with Crippen LogP contribution < -0.4 is 5.73 Å². The van der Waals surface area contributed by atoms with E-state index in [1.54, 1.807) is 12.1 Å². The second kappa shape index (κ2) is 6.43. The molecule has 0 aromatic heterocycles. The zero-order valence-electron chi connectivity index (χ0n) is 8.90. The number of benzene rings is 1. The third-order valence-corrected chi connectivity index (χ3v) is 2.18. The summed E-state index contributed by atoms with van der Waals surface area (Å²) in [5, 5.41) is 0. The topological polar surface area (TPSA) is 52.3 Å².